The van der Waals surface area contributed by atoms with Gasteiger partial charge in [-0.3, -0.25) is 0 Å². The summed E-state index contributed by atoms with van der Waals surface area (Å²) in [5, 5.41) is 2.12. The summed E-state index contributed by atoms with van der Waals surface area (Å²) in [5.41, 5.74) is 6.45. The van der Waals surface area contributed by atoms with Crippen LogP contribution in [0.5, 0.6) is 0 Å². The predicted molar refractivity (Wildman–Crippen MR) is 135 cm³/mol. The largest absolute Gasteiger partial charge is 0.355 e. The van der Waals surface area contributed by atoms with E-state index in [1.54, 1.807) is 0 Å². The number of hydrogen-bond donors (Lipinski definition) is 0. The van der Waals surface area contributed by atoms with Gasteiger partial charge in [-0.15, -0.1) is 0 Å². The van der Waals surface area contributed by atoms with E-state index >= 15 is 0 Å². The molecule has 0 amide bonds. The summed E-state index contributed by atoms with van der Waals surface area (Å²) in [5.74, 6) is 1.86. The molecule has 0 unspecified atom stereocenters. The molecule has 1 fully saturated rings. The normalized spacial score (nSPS) is 14.9. The maximum Gasteiger partial charge on any atom is 0.153 e. The molecule has 0 atom stereocenters. The lowest BCUT2D eigenvalue weighted by molar-refractivity contribution is 0.402. The number of pyridine rings is 1. The molecular weight excluding hydrogens is 414 g/mol. The van der Waals surface area contributed by atoms with Gasteiger partial charge in [0.2, 0.25) is 0 Å². The van der Waals surface area contributed by atoms with Crippen molar-refractivity contribution < 1.29 is 0 Å². The van der Waals surface area contributed by atoms with Crippen LogP contribution in [0.25, 0.3) is 10.9 Å². The van der Waals surface area contributed by atoms with Crippen LogP contribution in [-0.4, -0.2) is 22.6 Å². The molecule has 2 aromatic heterocycles. The van der Waals surface area contributed by atoms with E-state index in [4.69, 9.17) is 16.6 Å². The van der Waals surface area contributed by atoms with Crippen molar-refractivity contribution in [2.75, 3.05) is 18.0 Å². The fourth-order valence-corrected chi connectivity index (χ4v) is 5.29. The van der Waals surface area contributed by atoms with Crippen LogP contribution in [0, 0.1) is 19.8 Å². The molecular formula is C28H30ClN3. The van der Waals surface area contributed by atoms with Gasteiger partial charge in [0, 0.05) is 41.9 Å². The lowest BCUT2D eigenvalue weighted by Gasteiger charge is -2.33. The fraction of sp³-hybridized carbons (Fsp3) is 0.321. The van der Waals surface area contributed by atoms with Crippen LogP contribution < -0.4 is 4.90 Å². The molecule has 4 heteroatoms. The van der Waals surface area contributed by atoms with Gasteiger partial charge in [0.25, 0.3) is 0 Å². The highest BCUT2D eigenvalue weighted by Gasteiger charge is 2.24. The Hall–Kier alpha value is -2.78. The first-order chi connectivity index (χ1) is 15.6. The number of aryl methyl sites for hydroxylation is 1. The van der Waals surface area contributed by atoms with Crippen LogP contribution in [0.15, 0.2) is 66.9 Å². The van der Waals surface area contributed by atoms with E-state index in [1.807, 2.05) is 18.3 Å². The van der Waals surface area contributed by atoms with Gasteiger partial charge in [-0.1, -0.05) is 60.1 Å². The van der Waals surface area contributed by atoms with Crippen molar-refractivity contribution in [1.29, 1.82) is 0 Å². The third-order valence-electron chi connectivity index (χ3n) is 7.09. The Balaban J connectivity index is 1.43. The monoisotopic (exact) mass is 443 g/mol. The minimum absolute atomic E-state index is 0.742. The summed E-state index contributed by atoms with van der Waals surface area (Å²) >= 11 is 6.52. The van der Waals surface area contributed by atoms with Crippen LogP contribution in [0.3, 0.4) is 0 Å². The topological polar surface area (TPSA) is 21.1 Å². The lowest BCUT2D eigenvalue weighted by atomic mass is 9.90. The van der Waals surface area contributed by atoms with Crippen LogP contribution in [0.4, 0.5) is 5.82 Å². The predicted octanol–water partition coefficient (Wildman–Crippen LogP) is 6.81. The Bertz CT molecular complexity index is 1220. The molecule has 5 rings (SSSR count). The summed E-state index contributed by atoms with van der Waals surface area (Å²) in [6.45, 7) is 7.30. The first-order valence-electron chi connectivity index (χ1n) is 11.6. The van der Waals surface area contributed by atoms with E-state index < -0.39 is 0 Å². The average molecular weight is 444 g/mol. The second-order valence-electron chi connectivity index (χ2n) is 9.04. The fourth-order valence-electron chi connectivity index (χ4n) is 5.10. The van der Waals surface area contributed by atoms with E-state index in [1.165, 1.54) is 47.0 Å². The number of hydrogen-bond acceptors (Lipinski definition) is 2. The smallest absolute Gasteiger partial charge is 0.153 e. The number of halogens is 1. The van der Waals surface area contributed by atoms with E-state index in [9.17, 15) is 0 Å². The number of rotatable bonds is 5. The summed E-state index contributed by atoms with van der Waals surface area (Å²) in [6.07, 6.45) is 5.56. The Morgan fingerprint density at radius 3 is 2.41 bits per heavy atom. The molecule has 0 spiro atoms. The van der Waals surface area contributed by atoms with Crippen molar-refractivity contribution in [3.8, 4) is 0 Å². The highest BCUT2D eigenvalue weighted by Crippen LogP contribution is 2.35. The molecule has 0 bridgehead atoms. The number of piperidine rings is 1. The molecule has 3 heterocycles. The van der Waals surface area contributed by atoms with Crippen molar-refractivity contribution in [3.05, 3.63) is 94.3 Å². The zero-order valence-corrected chi connectivity index (χ0v) is 19.6. The Labute approximate surface area is 195 Å². The standard InChI is InChI=1S/C28H30ClN3/c1-20-21(2)32(19-24-10-6-7-11-26(24)29)27-25(20)12-15-30-28(27)31-16-13-23(14-17-31)18-22-8-4-3-5-9-22/h3-12,15,23H,13-14,16-19H2,1-2H3. The van der Waals surface area contributed by atoms with Crippen molar-refractivity contribution in [2.24, 2.45) is 5.92 Å². The molecule has 1 aliphatic heterocycles. The van der Waals surface area contributed by atoms with E-state index in [0.29, 0.717) is 0 Å². The van der Waals surface area contributed by atoms with Gasteiger partial charge in [-0.2, -0.15) is 0 Å². The number of anilines is 1. The molecule has 164 valence electrons. The van der Waals surface area contributed by atoms with Crippen molar-refractivity contribution in [2.45, 2.75) is 39.7 Å². The quantitative estimate of drug-likeness (QED) is 0.337. The zero-order chi connectivity index (χ0) is 22.1. The highest BCUT2D eigenvalue weighted by atomic mass is 35.5. The SMILES string of the molecule is Cc1c(C)n(Cc2ccccc2Cl)c2c(N3CCC(Cc4ccccc4)CC3)nccc12. The summed E-state index contributed by atoms with van der Waals surface area (Å²) in [4.78, 5) is 7.38. The minimum atomic E-state index is 0.742. The van der Waals surface area contributed by atoms with Crippen molar-refractivity contribution in [1.82, 2.24) is 9.55 Å². The maximum absolute atomic E-state index is 6.52. The van der Waals surface area contributed by atoms with E-state index in [2.05, 4.69) is 71.8 Å². The Kier molecular flexibility index (Phi) is 5.93. The molecule has 0 N–H and O–H groups in total. The highest BCUT2D eigenvalue weighted by molar-refractivity contribution is 6.31. The van der Waals surface area contributed by atoms with Gasteiger partial charge in [0.1, 0.15) is 0 Å². The molecule has 1 aliphatic rings. The third kappa shape index (κ3) is 4.02. The van der Waals surface area contributed by atoms with Gasteiger partial charge in [-0.25, -0.2) is 4.98 Å². The number of benzene rings is 2. The minimum Gasteiger partial charge on any atom is -0.355 e. The lowest BCUT2D eigenvalue weighted by Crippen LogP contribution is -2.35. The van der Waals surface area contributed by atoms with Gasteiger partial charge >= 0.3 is 0 Å². The molecule has 1 saturated heterocycles. The molecule has 32 heavy (non-hydrogen) atoms. The molecule has 0 aliphatic carbocycles. The van der Waals surface area contributed by atoms with Gasteiger partial charge in [-0.05, 0) is 67.9 Å². The first kappa shape index (κ1) is 21.1. The summed E-state index contributed by atoms with van der Waals surface area (Å²) in [6, 6.07) is 21.2. The first-order valence-corrected chi connectivity index (χ1v) is 12.0. The summed E-state index contributed by atoms with van der Waals surface area (Å²) in [7, 11) is 0. The van der Waals surface area contributed by atoms with Crippen molar-refractivity contribution >= 4 is 28.3 Å². The molecule has 0 radical (unpaired) electrons. The van der Waals surface area contributed by atoms with Crippen LogP contribution in [0.2, 0.25) is 5.02 Å². The van der Waals surface area contributed by atoms with Gasteiger partial charge in [0.15, 0.2) is 5.82 Å². The molecule has 0 saturated carbocycles. The Morgan fingerprint density at radius 1 is 0.938 bits per heavy atom. The van der Waals surface area contributed by atoms with Gasteiger partial charge in [0.05, 0.1) is 5.52 Å². The maximum atomic E-state index is 6.52. The van der Waals surface area contributed by atoms with E-state index in [-0.39, 0.29) is 0 Å². The number of fused-ring (bicyclic) bond motifs is 1. The number of nitrogens with zero attached hydrogens (tertiary/aromatic N) is 3. The third-order valence-corrected chi connectivity index (χ3v) is 7.46. The van der Waals surface area contributed by atoms with Crippen LogP contribution in [-0.2, 0) is 13.0 Å². The average Bonchev–Trinajstić information content (AvgIpc) is 3.07. The second kappa shape index (κ2) is 8.99. The van der Waals surface area contributed by atoms with Crippen LogP contribution in [0.1, 0.15) is 35.2 Å². The molecule has 3 nitrogen and oxygen atoms in total. The van der Waals surface area contributed by atoms with E-state index in [0.717, 1.165) is 42.0 Å². The number of aromatic nitrogens is 2. The van der Waals surface area contributed by atoms with Gasteiger partial charge < -0.3 is 9.47 Å². The zero-order valence-electron chi connectivity index (χ0n) is 18.9. The Morgan fingerprint density at radius 2 is 1.66 bits per heavy atom. The van der Waals surface area contributed by atoms with Crippen LogP contribution >= 0.6 is 11.6 Å². The summed E-state index contributed by atoms with van der Waals surface area (Å²) < 4.78 is 2.41. The van der Waals surface area contributed by atoms with Crippen molar-refractivity contribution in [3.63, 3.8) is 0 Å². The molecule has 2 aromatic carbocycles. The molecule has 4 aromatic rings. The second-order valence-corrected chi connectivity index (χ2v) is 9.45.